The summed E-state index contributed by atoms with van der Waals surface area (Å²) in [7, 11) is 0. The Morgan fingerprint density at radius 3 is 1.90 bits per heavy atom. The topological polar surface area (TPSA) is 115 Å². The van der Waals surface area contributed by atoms with Gasteiger partial charge in [0, 0.05) is 43.8 Å². The molecule has 0 spiro atoms. The van der Waals surface area contributed by atoms with E-state index < -0.39 is 0 Å². The second kappa shape index (κ2) is 9.49. The minimum absolute atomic E-state index is 0.0111. The summed E-state index contributed by atoms with van der Waals surface area (Å²) < 4.78 is 0. The van der Waals surface area contributed by atoms with Crippen molar-refractivity contribution in [1.29, 1.82) is 0 Å². The molecule has 0 unspecified atom stereocenters. The molecule has 0 saturated carbocycles. The predicted molar refractivity (Wildman–Crippen MR) is 113 cm³/mol. The fraction of sp³-hybridized carbons (Fsp3) is 0.381. The third kappa shape index (κ3) is 4.23. The van der Waals surface area contributed by atoms with Crippen LogP contribution >= 0.6 is 0 Å². The number of ketones is 2. The summed E-state index contributed by atoms with van der Waals surface area (Å²) in [5.74, 6) is -0.981. The number of aromatic hydroxyl groups is 1. The smallest absolute Gasteiger partial charge is 0.200 e. The van der Waals surface area contributed by atoms with Crippen molar-refractivity contribution in [2.45, 2.75) is 13.8 Å². The van der Waals surface area contributed by atoms with Gasteiger partial charge in [0.15, 0.2) is 5.78 Å². The number of pyridine rings is 1. The van der Waals surface area contributed by atoms with Crippen LogP contribution in [0.3, 0.4) is 0 Å². The fourth-order valence-electron chi connectivity index (χ4n) is 3.41. The van der Waals surface area contributed by atoms with Crippen molar-refractivity contribution in [3.63, 3.8) is 0 Å². The van der Waals surface area contributed by atoms with E-state index in [0.717, 1.165) is 26.2 Å². The molecule has 5 N–H and O–H groups in total. The van der Waals surface area contributed by atoms with Crippen LogP contribution in [0.15, 0.2) is 24.5 Å². The maximum atomic E-state index is 13.3. The van der Waals surface area contributed by atoms with Crippen LogP contribution in [-0.4, -0.2) is 60.9 Å². The number of rotatable bonds is 10. The second-order valence-corrected chi connectivity index (χ2v) is 6.71. The average Bonchev–Trinajstić information content (AvgIpc) is 2.72. The zero-order valence-electron chi connectivity index (χ0n) is 16.8. The zero-order chi connectivity index (χ0) is 20.8. The van der Waals surface area contributed by atoms with Crippen molar-refractivity contribution in [3.05, 3.63) is 46.8 Å². The molecule has 1 aliphatic carbocycles. The van der Waals surface area contributed by atoms with Crippen molar-refractivity contribution >= 4 is 22.9 Å². The number of likely N-dealkylation sites (N-methyl/N-ethyl adjacent to an activating group) is 2. The zero-order valence-corrected chi connectivity index (χ0v) is 16.8. The molecule has 0 atom stereocenters. The number of carbonyl (C=O) groups is 2. The number of nitrogens with one attached hydrogen (secondary N) is 4. The molecule has 0 fully saturated rings. The first-order valence-corrected chi connectivity index (χ1v) is 9.92. The van der Waals surface area contributed by atoms with Crippen LogP contribution < -0.4 is 21.3 Å². The van der Waals surface area contributed by atoms with Crippen molar-refractivity contribution in [3.8, 4) is 5.75 Å². The normalized spacial score (nSPS) is 12.5. The van der Waals surface area contributed by atoms with Crippen LogP contribution in [0.4, 0.5) is 11.4 Å². The first-order valence-electron chi connectivity index (χ1n) is 9.92. The van der Waals surface area contributed by atoms with E-state index in [1.54, 1.807) is 6.07 Å². The fourth-order valence-corrected chi connectivity index (χ4v) is 3.41. The van der Waals surface area contributed by atoms with Gasteiger partial charge in [0.1, 0.15) is 5.75 Å². The van der Waals surface area contributed by atoms with Gasteiger partial charge in [0.2, 0.25) is 5.78 Å². The Balaban J connectivity index is 2.01. The Morgan fingerprint density at radius 2 is 1.34 bits per heavy atom. The standard InChI is InChI=1S/C21H27N5O3/c1-3-22-7-9-25-14-5-6-15(26-10-8-23-4-2)19-18(14)20(28)13-11-24-12-16(27)17(13)21(19)29/h5-6,11-12,22-23,25-27H,3-4,7-10H2,1-2H3. The molecule has 2 aromatic rings. The average molecular weight is 397 g/mol. The Bertz CT molecular complexity index is 913. The molecule has 0 radical (unpaired) electrons. The van der Waals surface area contributed by atoms with E-state index in [1.807, 2.05) is 19.9 Å². The molecule has 1 aromatic heterocycles. The van der Waals surface area contributed by atoms with Gasteiger partial charge in [-0.1, -0.05) is 13.8 Å². The van der Waals surface area contributed by atoms with Crippen LogP contribution in [0.5, 0.6) is 5.75 Å². The van der Waals surface area contributed by atoms with Crippen molar-refractivity contribution in [2.24, 2.45) is 0 Å². The lowest BCUT2D eigenvalue weighted by Gasteiger charge is -2.24. The van der Waals surface area contributed by atoms with Gasteiger partial charge in [0.05, 0.1) is 28.5 Å². The Labute approximate surface area is 170 Å². The molecule has 29 heavy (non-hydrogen) atoms. The van der Waals surface area contributed by atoms with Gasteiger partial charge in [-0.3, -0.25) is 14.6 Å². The Kier molecular flexibility index (Phi) is 6.79. The Hall–Kier alpha value is -2.97. The predicted octanol–water partition coefficient (Wildman–Crippen LogP) is 1.61. The molecule has 1 aromatic carbocycles. The van der Waals surface area contributed by atoms with Crippen LogP contribution in [0.25, 0.3) is 0 Å². The second-order valence-electron chi connectivity index (χ2n) is 6.71. The lowest BCUT2D eigenvalue weighted by atomic mass is 9.82. The number of hydrogen-bond donors (Lipinski definition) is 5. The van der Waals surface area contributed by atoms with E-state index in [9.17, 15) is 14.7 Å². The van der Waals surface area contributed by atoms with Gasteiger partial charge in [-0.2, -0.15) is 0 Å². The van der Waals surface area contributed by atoms with Gasteiger partial charge in [0.25, 0.3) is 0 Å². The number of benzene rings is 1. The molecule has 154 valence electrons. The van der Waals surface area contributed by atoms with E-state index in [4.69, 9.17) is 0 Å². The highest BCUT2D eigenvalue weighted by atomic mass is 16.3. The summed E-state index contributed by atoms with van der Waals surface area (Å²) in [5.41, 5.74) is 1.92. The molecular formula is C21H27N5O3. The molecule has 8 nitrogen and oxygen atoms in total. The van der Waals surface area contributed by atoms with Gasteiger partial charge in [-0.25, -0.2) is 0 Å². The molecule has 0 bridgehead atoms. The van der Waals surface area contributed by atoms with Gasteiger partial charge in [-0.05, 0) is 25.2 Å². The Morgan fingerprint density at radius 1 is 0.793 bits per heavy atom. The van der Waals surface area contributed by atoms with E-state index in [0.29, 0.717) is 30.0 Å². The largest absolute Gasteiger partial charge is 0.506 e. The molecular weight excluding hydrogens is 370 g/mol. The monoisotopic (exact) mass is 397 g/mol. The van der Waals surface area contributed by atoms with E-state index in [1.165, 1.54) is 12.4 Å². The van der Waals surface area contributed by atoms with E-state index in [2.05, 4.69) is 26.3 Å². The summed E-state index contributed by atoms with van der Waals surface area (Å²) in [6.45, 7) is 8.41. The third-order valence-corrected chi connectivity index (χ3v) is 4.79. The highest BCUT2D eigenvalue weighted by Crippen LogP contribution is 2.38. The van der Waals surface area contributed by atoms with E-state index >= 15 is 0 Å². The SMILES string of the molecule is CCNCCNc1ccc(NCCNCC)c2c1C(=O)c1cncc(O)c1C2=O. The highest BCUT2D eigenvalue weighted by Gasteiger charge is 2.36. The highest BCUT2D eigenvalue weighted by molar-refractivity contribution is 6.32. The molecule has 0 saturated heterocycles. The lowest BCUT2D eigenvalue weighted by Crippen LogP contribution is -2.27. The van der Waals surface area contributed by atoms with Crippen LogP contribution in [-0.2, 0) is 0 Å². The van der Waals surface area contributed by atoms with Gasteiger partial charge >= 0.3 is 0 Å². The number of anilines is 2. The quantitative estimate of drug-likeness (QED) is 0.328. The number of hydrogen-bond acceptors (Lipinski definition) is 8. The summed E-state index contributed by atoms with van der Waals surface area (Å²) in [4.78, 5) is 30.4. The van der Waals surface area contributed by atoms with Gasteiger partial charge < -0.3 is 26.4 Å². The number of nitrogens with zero attached hydrogens (tertiary/aromatic N) is 1. The number of aromatic nitrogens is 1. The van der Waals surface area contributed by atoms with Crippen LogP contribution in [0, 0.1) is 0 Å². The summed E-state index contributed by atoms with van der Waals surface area (Å²) >= 11 is 0. The minimum atomic E-state index is -0.379. The summed E-state index contributed by atoms with van der Waals surface area (Å²) in [6, 6.07) is 3.61. The molecule has 1 aliphatic rings. The first-order chi connectivity index (χ1) is 14.1. The molecule has 0 aliphatic heterocycles. The third-order valence-electron chi connectivity index (χ3n) is 4.79. The first kappa shape index (κ1) is 20.8. The maximum Gasteiger partial charge on any atom is 0.200 e. The molecule has 8 heteroatoms. The molecule has 0 amide bonds. The van der Waals surface area contributed by atoms with Crippen molar-refractivity contribution in [1.82, 2.24) is 15.6 Å². The molecule has 3 rings (SSSR count). The van der Waals surface area contributed by atoms with Gasteiger partial charge in [-0.15, -0.1) is 0 Å². The van der Waals surface area contributed by atoms with Crippen molar-refractivity contribution in [2.75, 3.05) is 49.9 Å². The van der Waals surface area contributed by atoms with Crippen LogP contribution in [0.2, 0.25) is 0 Å². The number of carbonyl (C=O) groups excluding carboxylic acids is 2. The summed E-state index contributed by atoms with van der Waals surface area (Å²) in [6.07, 6.45) is 2.53. The maximum absolute atomic E-state index is 13.3. The van der Waals surface area contributed by atoms with Crippen molar-refractivity contribution < 1.29 is 14.7 Å². The summed E-state index contributed by atoms with van der Waals surface area (Å²) in [5, 5.41) is 23.1. The number of fused-ring (bicyclic) bond motifs is 2. The van der Waals surface area contributed by atoms with Crippen LogP contribution in [0.1, 0.15) is 45.7 Å². The lowest BCUT2D eigenvalue weighted by molar-refractivity contribution is 0.0977. The minimum Gasteiger partial charge on any atom is -0.506 e. The van der Waals surface area contributed by atoms with E-state index in [-0.39, 0.29) is 34.0 Å². The molecule has 1 heterocycles.